The number of carbonyl (C=O) groups excluding carboxylic acids is 1. The van der Waals surface area contributed by atoms with Gasteiger partial charge < -0.3 is 15.3 Å². The van der Waals surface area contributed by atoms with E-state index in [9.17, 15) is 9.59 Å². The topological polar surface area (TPSA) is 69.6 Å². The van der Waals surface area contributed by atoms with Gasteiger partial charge in [-0.1, -0.05) is 27.7 Å². The monoisotopic (exact) mass is 302 g/mol. The van der Waals surface area contributed by atoms with E-state index in [2.05, 4.69) is 19.2 Å². The van der Waals surface area contributed by atoms with Gasteiger partial charge in [0.1, 0.15) is 0 Å². The van der Waals surface area contributed by atoms with Crippen LogP contribution in [0.1, 0.15) is 34.1 Å². The van der Waals surface area contributed by atoms with E-state index in [0.717, 1.165) is 13.1 Å². The lowest BCUT2D eigenvalue weighted by atomic mass is 9.97. The maximum Gasteiger partial charge on any atom is 0.317 e. The Labute approximate surface area is 125 Å². The number of carboxylic acid groups (broad SMARTS) is 1. The summed E-state index contributed by atoms with van der Waals surface area (Å²) in [5.41, 5.74) is 0. The van der Waals surface area contributed by atoms with Crippen molar-refractivity contribution >= 4 is 23.8 Å². The zero-order valence-electron chi connectivity index (χ0n) is 12.8. The molecule has 1 aliphatic heterocycles. The molecule has 5 nitrogen and oxygen atoms in total. The molecular weight excluding hydrogens is 276 g/mol. The molecule has 20 heavy (non-hydrogen) atoms. The highest BCUT2D eigenvalue weighted by Gasteiger charge is 2.27. The molecular formula is C14H26N2O3S. The van der Waals surface area contributed by atoms with Gasteiger partial charge in [-0.2, -0.15) is 11.8 Å². The second-order valence-electron chi connectivity index (χ2n) is 6.01. The first-order chi connectivity index (χ1) is 9.29. The van der Waals surface area contributed by atoms with E-state index in [1.807, 2.05) is 25.6 Å². The number of urea groups is 1. The number of aliphatic carboxylic acids is 1. The predicted octanol–water partition coefficient (Wildman–Crippen LogP) is 2.27. The Balaban J connectivity index is 2.46. The first kappa shape index (κ1) is 17.1. The van der Waals surface area contributed by atoms with Crippen LogP contribution in [-0.2, 0) is 4.79 Å². The summed E-state index contributed by atoms with van der Waals surface area (Å²) in [6, 6.07) is -0.140. The molecule has 0 aromatic rings. The summed E-state index contributed by atoms with van der Waals surface area (Å²) < 4.78 is 0. The molecule has 0 aliphatic carbocycles. The molecule has 1 rings (SSSR count). The summed E-state index contributed by atoms with van der Waals surface area (Å²) >= 11 is 1.88. The molecule has 1 heterocycles. The second-order valence-corrected chi connectivity index (χ2v) is 7.89. The molecule has 1 saturated heterocycles. The standard InChI is InChI=1S/C14H26N2O3S/c1-9(2)5-12(13(17)18)6-15-14(19)16-7-10(3)20-11(4)8-16/h9-12H,5-8H2,1-4H3,(H,15,19)(H,17,18). The van der Waals surface area contributed by atoms with Crippen molar-refractivity contribution in [2.45, 2.75) is 44.6 Å². The number of hydrogen-bond acceptors (Lipinski definition) is 3. The molecule has 0 aromatic carbocycles. The van der Waals surface area contributed by atoms with Gasteiger partial charge in [0, 0.05) is 30.1 Å². The van der Waals surface area contributed by atoms with Crippen LogP contribution in [0.2, 0.25) is 0 Å². The van der Waals surface area contributed by atoms with Gasteiger partial charge in [-0.25, -0.2) is 4.79 Å². The van der Waals surface area contributed by atoms with E-state index in [1.54, 1.807) is 4.90 Å². The summed E-state index contributed by atoms with van der Waals surface area (Å²) in [4.78, 5) is 25.1. The van der Waals surface area contributed by atoms with Crippen LogP contribution >= 0.6 is 11.8 Å². The highest BCUT2D eigenvalue weighted by molar-refractivity contribution is 8.00. The number of hydrogen-bond donors (Lipinski definition) is 2. The smallest absolute Gasteiger partial charge is 0.317 e. The number of amides is 2. The second kappa shape index (κ2) is 7.76. The normalized spacial score (nSPS) is 24.6. The number of thioether (sulfide) groups is 1. The fraction of sp³-hybridized carbons (Fsp3) is 0.857. The Hall–Kier alpha value is -0.910. The molecule has 0 radical (unpaired) electrons. The number of nitrogens with one attached hydrogen (secondary N) is 1. The van der Waals surface area contributed by atoms with Crippen molar-refractivity contribution in [2.75, 3.05) is 19.6 Å². The van der Waals surface area contributed by atoms with Crippen molar-refractivity contribution in [3.63, 3.8) is 0 Å². The van der Waals surface area contributed by atoms with E-state index in [1.165, 1.54) is 0 Å². The van der Waals surface area contributed by atoms with E-state index in [0.29, 0.717) is 22.8 Å². The van der Waals surface area contributed by atoms with E-state index < -0.39 is 11.9 Å². The first-order valence-electron chi connectivity index (χ1n) is 7.20. The fourth-order valence-corrected chi connectivity index (χ4v) is 3.83. The molecule has 0 aromatic heterocycles. The lowest BCUT2D eigenvalue weighted by Gasteiger charge is -2.34. The number of carbonyl (C=O) groups is 2. The third-order valence-corrected chi connectivity index (χ3v) is 4.54. The number of nitrogens with zero attached hydrogens (tertiary/aromatic N) is 1. The largest absolute Gasteiger partial charge is 0.481 e. The average Bonchev–Trinajstić information content (AvgIpc) is 2.32. The van der Waals surface area contributed by atoms with Crippen molar-refractivity contribution in [3.05, 3.63) is 0 Å². The van der Waals surface area contributed by atoms with Crippen molar-refractivity contribution in [1.82, 2.24) is 10.2 Å². The van der Waals surface area contributed by atoms with E-state index in [-0.39, 0.29) is 12.6 Å². The highest BCUT2D eigenvalue weighted by Crippen LogP contribution is 2.24. The zero-order valence-corrected chi connectivity index (χ0v) is 13.6. The molecule has 2 N–H and O–H groups in total. The van der Waals surface area contributed by atoms with Gasteiger partial charge in [-0.05, 0) is 12.3 Å². The van der Waals surface area contributed by atoms with Crippen LogP contribution in [0.5, 0.6) is 0 Å². The zero-order chi connectivity index (χ0) is 15.3. The Morgan fingerprint density at radius 1 is 1.30 bits per heavy atom. The molecule has 1 fully saturated rings. The number of rotatable bonds is 5. The quantitative estimate of drug-likeness (QED) is 0.817. The third-order valence-electron chi connectivity index (χ3n) is 3.31. The van der Waals surface area contributed by atoms with Crippen LogP contribution in [0.3, 0.4) is 0 Å². The molecule has 116 valence electrons. The minimum Gasteiger partial charge on any atom is -0.481 e. The van der Waals surface area contributed by atoms with Crippen LogP contribution in [-0.4, -0.2) is 52.1 Å². The molecule has 3 atom stereocenters. The third kappa shape index (κ3) is 5.61. The van der Waals surface area contributed by atoms with Crippen molar-refractivity contribution in [2.24, 2.45) is 11.8 Å². The van der Waals surface area contributed by atoms with Gasteiger partial charge in [0.05, 0.1) is 5.92 Å². The van der Waals surface area contributed by atoms with Crippen LogP contribution in [0, 0.1) is 11.8 Å². The van der Waals surface area contributed by atoms with Gasteiger partial charge in [-0.3, -0.25) is 4.79 Å². The number of carboxylic acids is 1. The molecule has 0 saturated carbocycles. The van der Waals surface area contributed by atoms with Gasteiger partial charge in [0.2, 0.25) is 0 Å². The van der Waals surface area contributed by atoms with E-state index >= 15 is 0 Å². The minimum atomic E-state index is -0.838. The summed E-state index contributed by atoms with van der Waals surface area (Å²) in [5, 5.41) is 12.8. The Morgan fingerprint density at radius 3 is 2.30 bits per heavy atom. The maximum atomic E-state index is 12.1. The van der Waals surface area contributed by atoms with Crippen molar-refractivity contribution < 1.29 is 14.7 Å². The molecule has 3 unspecified atom stereocenters. The Morgan fingerprint density at radius 2 is 1.85 bits per heavy atom. The van der Waals surface area contributed by atoms with Crippen LogP contribution in [0.15, 0.2) is 0 Å². The van der Waals surface area contributed by atoms with Crippen LogP contribution in [0.4, 0.5) is 4.79 Å². The lowest BCUT2D eigenvalue weighted by Crippen LogP contribution is -2.49. The van der Waals surface area contributed by atoms with Gasteiger partial charge >= 0.3 is 12.0 Å². The fourth-order valence-electron chi connectivity index (χ4n) is 2.51. The molecule has 0 spiro atoms. The molecule has 2 amide bonds. The first-order valence-corrected chi connectivity index (χ1v) is 8.15. The maximum absolute atomic E-state index is 12.1. The van der Waals surface area contributed by atoms with Crippen molar-refractivity contribution in [3.8, 4) is 0 Å². The SMILES string of the molecule is CC(C)CC(CNC(=O)N1CC(C)SC(C)C1)C(=O)O. The summed E-state index contributed by atoms with van der Waals surface area (Å²) in [7, 11) is 0. The van der Waals surface area contributed by atoms with Crippen molar-refractivity contribution in [1.29, 1.82) is 0 Å². The van der Waals surface area contributed by atoms with Gasteiger partial charge in [0.15, 0.2) is 0 Å². The molecule has 6 heteroatoms. The van der Waals surface area contributed by atoms with E-state index in [4.69, 9.17) is 5.11 Å². The van der Waals surface area contributed by atoms with Crippen LogP contribution in [0.25, 0.3) is 0 Å². The van der Waals surface area contributed by atoms with Gasteiger partial charge in [0.25, 0.3) is 0 Å². The minimum absolute atomic E-state index is 0.140. The molecule has 1 aliphatic rings. The Bertz CT molecular complexity index is 339. The van der Waals surface area contributed by atoms with Crippen LogP contribution < -0.4 is 5.32 Å². The predicted molar refractivity (Wildman–Crippen MR) is 82.1 cm³/mol. The Kier molecular flexibility index (Phi) is 6.65. The summed E-state index contributed by atoms with van der Waals surface area (Å²) in [6.07, 6.45) is 0.582. The lowest BCUT2D eigenvalue weighted by molar-refractivity contribution is -0.142. The summed E-state index contributed by atoms with van der Waals surface area (Å²) in [5.74, 6) is -1.04. The average molecular weight is 302 g/mol. The van der Waals surface area contributed by atoms with Gasteiger partial charge in [-0.15, -0.1) is 0 Å². The highest BCUT2D eigenvalue weighted by atomic mass is 32.2. The molecule has 0 bridgehead atoms. The summed E-state index contributed by atoms with van der Waals surface area (Å²) in [6.45, 7) is 9.86.